The average Bonchev–Trinajstić information content (AvgIpc) is 3.62. The summed E-state index contributed by atoms with van der Waals surface area (Å²) < 4.78 is 70.6. The van der Waals surface area contributed by atoms with Gasteiger partial charge in [-0.3, -0.25) is 19.2 Å². The maximum absolute atomic E-state index is 15.5. The molecule has 376 valence electrons. The maximum Gasteiger partial charge on any atom is 0.389 e. The molecule has 14 nitrogen and oxygen atoms in total. The number of halogens is 6. The molecule has 0 radical (unpaired) electrons. The van der Waals surface area contributed by atoms with Crippen molar-refractivity contribution >= 4 is 46.9 Å². The van der Waals surface area contributed by atoms with Gasteiger partial charge in [0.25, 0.3) is 0 Å². The Morgan fingerprint density at radius 2 is 1.65 bits per heavy atom. The Labute approximate surface area is 410 Å². The van der Waals surface area contributed by atoms with E-state index in [1.54, 1.807) is 63.4 Å². The van der Waals surface area contributed by atoms with Crippen LogP contribution in [0.1, 0.15) is 70.3 Å². The minimum absolute atomic E-state index is 0.0484. The van der Waals surface area contributed by atoms with Gasteiger partial charge in [-0.2, -0.15) is 13.2 Å². The number of alkyl halides is 3. The second-order valence-corrected chi connectivity index (χ2v) is 19.7. The predicted octanol–water partition coefficient (Wildman–Crippen LogP) is 7.70. The number of hydrogen-bond acceptors (Lipinski definition) is 10. The Bertz CT molecular complexity index is 2430. The number of carbonyl (C=O) groups is 4. The lowest BCUT2D eigenvalue weighted by Gasteiger charge is -2.49. The van der Waals surface area contributed by atoms with Gasteiger partial charge in [0.1, 0.15) is 34.8 Å². The van der Waals surface area contributed by atoms with Gasteiger partial charge >= 0.3 is 12.1 Å². The van der Waals surface area contributed by atoms with Gasteiger partial charge in [0.05, 0.1) is 55.4 Å². The van der Waals surface area contributed by atoms with Crippen molar-refractivity contribution in [3.8, 4) is 22.8 Å². The van der Waals surface area contributed by atoms with Crippen molar-refractivity contribution in [1.82, 2.24) is 34.9 Å². The number of aromatic nitrogens is 2. The maximum atomic E-state index is 15.5. The minimum atomic E-state index is -4.78. The third kappa shape index (κ3) is 15.1. The first-order valence-corrected chi connectivity index (χ1v) is 23.2. The zero-order valence-electron chi connectivity index (χ0n) is 40.1. The SMILES string of the molecule is C[C@H](NCc1c(F)cc(Cl)cc1Oc1ccc(-c2cnc(CN(C)C)n2C)cc1)C(=O)N[C@@H](CO)C(=O)N(C)[C@@]1(Cc2ccc(Cl)cc2)CCCN(C(=O)[C@@H](CC(=O)OC(C)(C)C)CC(F)(F)F)C1. The highest BCUT2D eigenvalue weighted by Crippen LogP contribution is 2.36. The molecule has 0 saturated carbocycles. The second kappa shape index (κ2) is 23.1. The summed E-state index contributed by atoms with van der Waals surface area (Å²) >= 11 is 12.4. The summed E-state index contributed by atoms with van der Waals surface area (Å²) in [5, 5.41) is 16.6. The first-order valence-electron chi connectivity index (χ1n) is 22.4. The number of nitrogens with one attached hydrogen (secondary N) is 2. The van der Waals surface area contributed by atoms with Gasteiger partial charge in [-0.1, -0.05) is 35.3 Å². The molecule has 0 aliphatic carbocycles. The standard InChI is InChI=1S/C49H61Cl2F4N7O7/c1-30(56-25-37-38(52)21-35(51)22-41(37)68-36-16-12-32(13-17-36)40-26-57-42(60(40)7)27-59(5)6)44(65)58-39(28-63)46(67)61(8)48(23-31-10-14-34(50)15-11-31)18-9-19-62(29-48)45(66)33(24-49(53,54)55)20-43(64)69-47(2,3)4/h10-17,21-22,26,30,33,39,56,63H,9,18-20,23-25,27-29H2,1-8H3,(H,58,65)/t30-,33-,39-,48+/m0/s1. The van der Waals surface area contributed by atoms with Crippen molar-refractivity contribution in [2.24, 2.45) is 13.0 Å². The molecule has 1 saturated heterocycles. The molecule has 3 N–H and O–H groups in total. The van der Waals surface area contributed by atoms with Crippen LogP contribution >= 0.6 is 23.2 Å². The summed E-state index contributed by atoms with van der Waals surface area (Å²) in [6, 6.07) is 13.8. The lowest BCUT2D eigenvalue weighted by atomic mass is 9.80. The summed E-state index contributed by atoms with van der Waals surface area (Å²) in [7, 11) is 7.29. The van der Waals surface area contributed by atoms with Crippen LogP contribution in [0.25, 0.3) is 11.3 Å². The number of carbonyl (C=O) groups excluding carboxylic acids is 4. The first-order chi connectivity index (χ1) is 32.3. The van der Waals surface area contributed by atoms with E-state index in [0.29, 0.717) is 22.9 Å². The van der Waals surface area contributed by atoms with Crippen molar-refractivity contribution in [2.45, 2.75) is 102 Å². The highest BCUT2D eigenvalue weighted by Gasteiger charge is 2.47. The number of amides is 3. The molecule has 2 heterocycles. The molecular formula is C49H61Cl2F4N7O7. The fourth-order valence-electron chi connectivity index (χ4n) is 8.29. The topological polar surface area (TPSA) is 159 Å². The molecule has 1 aliphatic rings. The summed E-state index contributed by atoms with van der Waals surface area (Å²) in [4.78, 5) is 64.0. The normalized spacial score (nSPS) is 16.7. The molecule has 5 rings (SSSR count). The van der Waals surface area contributed by atoms with E-state index in [2.05, 4.69) is 15.6 Å². The number of benzene rings is 3. The van der Waals surface area contributed by atoms with E-state index in [4.69, 9.17) is 32.7 Å². The van der Waals surface area contributed by atoms with Crippen LogP contribution < -0.4 is 15.4 Å². The molecule has 1 aromatic heterocycles. The van der Waals surface area contributed by atoms with Crippen LogP contribution in [0.3, 0.4) is 0 Å². The van der Waals surface area contributed by atoms with Gasteiger partial charge in [0.2, 0.25) is 17.7 Å². The van der Waals surface area contributed by atoms with Crippen molar-refractivity contribution in [2.75, 3.05) is 40.8 Å². The molecule has 0 bridgehead atoms. The second-order valence-electron chi connectivity index (χ2n) is 18.8. The number of esters is 1. The van der Waals surface area contributed by atoms with Crippen LogP contribution in [0.2, 0.25) is 10.0 Å². The number of ether oxygens (including phenoxy) is 2. The number of rotatable bonds is 19. The van der Waals surface area contributed by atoms with Gasteiger partial charge in [-0.15, -0.1) is 0 Å². The predicted molar refractivity (Wildman–Crippen MR) is 254 cm³/mol. The number of likely N-dealkylation sites (N-methyl/N-ethyl adjacent to an activating group) is 1. The Morgan fingerprint density at radius 3 is 2.26 bits per heavy atom. The summed E-state index contributed by atoms with van der Waals surface area (Å²) in [6.07, 6.45) is -4.72. The molecule has 0 unspecified atom stereocenters. The zero-order valence-corrected chi connectivity index (χ0v) is 41.6. The summed E-state index contributed by atoms with van der Waals surface area (Å²) in [5.74, 6) is -4.49. The fourth-order valence-corrected chi connectivity index (χ4v) is 8.62. The molecule has 0 spiro atoms. The van der Waals surface area contributed by atoms with Crippen molar-refractivity contribution in [1.29, 1.82) is 0 Å². The van der Waals surface area contributed by atoms with Crippen LogP contribution in [-0.2, 0) is 50.5 Å². The molecule has 1 fully saturated rings. The number of likely N-dealkylation sites (tertiary alicyclic amines) is 1. The smallest absolute Gasteiger partial charge is 0.389 e. The van der Waals surface area contributed by atoms with Gasteiger partial charge in [0.15, 0.2) is 0 Å². The van der Waals surface area contributed by atoms with Gasteiger partial charge in [0, 0.05) is 54.9 Å². The minimum Gasteiger partial charge on any atom is -0.460 e. The van der Waals surface area contributed by atoms with Crippen LogP contribution in [0.15, 0.2) is 66.9 Å². The van der Waals surface area contributed by atoms with Crippen LogP contribution in [0, 0.1) is 11.7 Å². The molecule has 1 aliphatic heterocycles. The van der Waals surface area contributed by atoms with Crippen molar-refractivity contribution in [3.05, 3.63) is 99.7 Å². The van der Waals surface area contributed by atoms with Gasteiger partial charge in [-0.05, 0) is 115 Å². The van der Waals surface area contributed by atoms with Crippen molar-refractivity contribution in [3.63, 3.8) is 0 Å². The molecule has 4 atom stereocenters. The lowest BCUT2D eigenvalue weighted by Crippen LogP contribution is -2.65. The molecule has 69 heavy (non-hydrogen) atoms. The van der Waals surface area contributed by atoms with Crippen molar-refractivity contribution < 1.29 is 51.3 Å². The largest absolute Gasteiger partial charge is 0.460 e. The molecule has 3 amide bonds. The number of hydrogen-bond donors (Lipinski definition) is 3. The number of aliphatic hydroxyl groups is 1. The number of imidazole rings is 1. The highest BCUT2D eigenvalue weighted by atomic mass is 35.5. The van der Waals surface area contributed by atoms with E-state index >= 15 is 4.39 Å². The van der Waals surface area contributed by atoms with E-state index in [1.165, 1.54) is 29.8 Å². The van der Waals surface area contributed by atoms with E-state index < -0.39 is 84.3 Å². The lowest BCUT2D eigenvalue weighted by molar-refractivity contribution is -0.170. The molecule has 3 aromatic carbocycles. The third-order valence-corrected chi connectivity index (χ3v) is 12.3. The van der Waals surface area contributed by atoms with Crippen LogP contribution in [0.5, 0.6) is 11.5 Å². The van der Waals surface area contributed by atoms with E-state index in [9.17, 15) is 37.5 Å². The fraction of sp³-hybridized carbons (Fsp3) is 0.490. The molecule has 4 aromatic rings. The Morgan fingerprint density at radius 1 is 0.986 bits per heavy atom. The average molecular weight is 1010 g/mol. The zero-order chi connectivity index (χ0) is 51.0. The molecular weight excluding hydrogens is 945 g/mol. The van der Waals surface area contributed by atoms with E-state index in [-0.39, 0.29) is 55.2 Å². The Kier molecular flexibility index (Phi) is 18.3. The molecule has 20 heteroatoms. The highest BCUT2D eigenvalue weighted by molar-refractivity contribution is 6.31. The number of piperidine rings is 1. The van der Waals surface area contributed by atoms with Crippen LogP contribution in [-0.4, -0.2) is 123 Å². The van der Waals surface area contributed by atoms with Gasteiger partial charge in [-0.25, -0.2) is 9.37 Å². The van der Waals surface area contributed by atoms with Crippen LogP contribution in [0.4, 0.5) is 17.6 Å². The monoisotopic (exact) mass is 1010 g/mol. The Hall–Kier alpha value is -5.27. The van der Waals surface area contributed by atoms with Gasteiger partial charge < -0.3 is 44.5 Å². The van der Waals surface area contributed by atoms with E-state index in [1.807, 2.05) is 42.7 Å². The first kappa shape index (κ1) is 54.7. The third-order valence-electron chi connectivity index (χ3n) is 11.8. The Balaban J connectivity index is 1.31. The summed E-state index contributed by atoms with van der Waals surface area (Å²) in [6.45, 7) is 5.59. The number of aliphatic hydroxyl groups excluding tert-OH is 1. The van der Waals surface area contributed by atoms with E-state index in [0.717, 1.165) is 23.1 Å². The number of nitrogens with zero attached hydrogens (tertiary/aromatic N) is 5. The quantitative estimate of drug-likeness (QED) is 0.0628. The summed E-state index contributed by atoms with van der Waals surface area (Å²) in [5.41, 5.74) is 0.251.